The summed E-state index contributed by atoms with van der Waals surface area (Å²) in [5.41, 5.74) is 7.74. The van der Waals surface area contributed by atoms with Crippen LogP contribution in [0.5, 0.6) is 5.75 Å². The lowest BCUT2D eigenvalue weighted by molar-refractivity contribution is -0.142. The predicted molar refractivity (Wildman–Crippen MR) is 143 cm³/mol. The van der Waals surface area contributed by atoms with Crippen molar-refractivity contribution >= 4 is 35.1 Å². The number of carboxylic acid groups (broad SMARTS) is 1. The molecular weight excluding hydrogens is 502 g/mol. The molecule has 0 aliphatic carbocycles. The fraction of sp³-hybridized carbons (Fsp3) is 0.214. The van der Waals surface area contributed by atoms with Crippen LogP contribution in [0.3, 0.4) is 0 Å². The third kappa shape index (κ3) is 9.73. The zero-order valence-electron chi connectivity index (χ0n) is 21.0. The van der Waals surface area contributed by atoms with Crippen molar-refractivity contribution in [2.45, 2.75) is 37.8 Å². The third-order valence-corrected chi connectivity index (χ3v) is 5.66. The molecule has 202 valence electrons. The monoisotopic (exact) mass is 531 g/mol. The lowest BCUT2D eigenvalue weighted by Crippen LogP contribution is -2.52. The Morgan fingerprint density at radius 3 is 1.95 bits per heavy atom. The van der Waals surface area contributed by atoms with E-state index in [-0.39, 0.29) is 31.4 Å². The third-order valence-electron chi connectivity index (χ3n) is 5.66. The minimum atomic E-state index is -1.30. The fourth-order valence-corrected chi connectivity index (χ4v) is 3.62. The molecule has 0 spiro atoms. The number of hydrogen-bond acceptors (Lipinski definition) is 7. The number of phenols is 1. The van der Waals surface area contributed by atoms with Crippen LogP contribution in [0.4, 0.5) is 11.4 Å². The molecule has 2 atom stereocenters. The number of aromatic hydroxyl groups is 1. The zero-order valence-corrected chi connectivity index (χ0v) is 21.0. The molecule has 3 aromatic carbocycles. The van der Waals surface area contributed by atoms with Gasteiger partial charge in [-0.15, -0.1) is 0 Å². The molecule has 3 aromatic rings. The van der Waals surface area contributed by atoms with Gasteiger partial charge in [0.2, 0.25) is 17.7 Å². The molecule has 0 aliphatic rings. The highest BCUT2D eigenvalue weighted by Gasteiger charge is 2.27. The Morgan fingerprint density at radius 2 is 1.36 bits per heavy atom. The van der Waals surface area contributed by atoms with Crippen LogP contribution in [0.1, 0.15) is 24.0 Å². The van der Waals surface area contributed by atoms with Gasteiger partial charge < -0.3 is 26.6 Å². The quantitative estimate of drug-likeness (QED) is 0.211. The number of primary amides is 1. The number of nitrogens with one attached hydrogen (secondary N) is 2. The number of carbonyl (C=O) groups is 4. The SMILES string of the molecule is NC(=O)CC[C@H](NC(=O)Cc1ccc(N=Nc2ccccc2)cc1)C(=O)N[C@@H](Cc1ccc(O)cc1)C(=O)O. The normalized spacial score (nSPS) is 12.4. The molecule has 6 N–H and O–H groups in total. The molecule has 0 heterocycles. The number of benzene rings is 3. The molecule has 3 rings (SSSR count). The summed E-state index contributed by atoms with van der Waals surface area (Å²) in [5, 5.41) is 32.3. The van der Waals surface area contributed by atoms with Crippen molar-refractivity contribution in [1.29, 1.82) is 0 Å². The maximum Gasteiger partial charge on any atom is 0.326 e. The summed E-state index contributed by atoms with van der Waals surface area (Å²) >= 11 is 0. The van der Waals surface area contributed by atoms with Gasteiger partial charge >= 0.3 is 5.97 Å². The van der Waals surface area contributed by atoms with Gasteiger partial charge in [-0.1, -0.05) is 42.5 Å². The standard InChI is InChI=1S/C28H29N5O6/c29-25(35)15-14-23(27(37)31-24(28(38)39)16-18-8-12-22(34)13-9-18)30-26(36)17-19-6-10-21(11-7-19)33-32-20-4-2-1-3-5-20/h1-13,23-24,34H,14-17H2,(H2,29,35)(H,30,36)(H,31,37)(H,38,39)/t23-,24-/m0/s1. The minimum absolute atomic E-state index is 0.0232. The predicted octanol–water partition coefficient (Wildman–Crippen LogP) is 2.91. The highest BCUT2D eigenvalue weighted by molar-refractivity contribution is 5.91. The Bertz CT molecular complexity index is 1310. The maximum absolute atomic E-state index is 12.9. The van der Waals surface area contributed by atoms with Crippen molar-refractivity contribution in [3.63, 3.8) is 0 Å². The topological polar surface area (TPSA) is 184 Å². The van der Waals surface area contributed by atoms with Gasteiger partial charge in [-0.2, -0.15) is 10.2 Å². The number of aliphatic carboxylic acids is 1. The minimum Gasteiger partial charge on any atom is -0.508 e. The molecule has 11 heteroatoms. The molecule has 11 nitrogen and oxygen atoms in total. The van der Waals surface area contributed by atoms with Crippen molar-refractivity contribution in [2.75, 3.05) is 0 Å². The first-order valence-electron chi connectivity index (χ1n) is 12.1. The number of carbonyl (C=O) groups excluding carboxylic acids is 3. The van der Waals surface area contributed by atoms with E-state index in [0.717, 1.165) is 0 Å². The van der Waals surface area contributed by atoms with E-state index in [2.05, 4.69) is 20.9 Å². The summed E-state index contributed by atoms with van der Waals surface area (Å²) in [7, 11) is 0. The Morgan fingerprint density at radius 1 is 0.769 bits per heavy atom. The second-order valence-corrected chi connectivity index (χ2v) is 8.77. The van der Waals surface area contributed by atoms with Gasteiger partial charge in [0.25, 0.3) is 0 Å². The Kier molecular flexibility index (Phi) is 10.3. The first-order chi connectivity index (χ1) is 18.7. The van der Waals surface area contributed by atoms with Crippen LogP contribution >= 0.6 is 0 Å². The smallest absolute Gasteiger partial charge is 0.326 e. The average molecular weight is 532 g/mol. The van der Waals surface area contributed by atoms with Crippen LogP contribution in [0, 0.1) is 0 Å². The average Bonchev–Trinajstić information content (AvgIpc) is 2.91. The van der Waals surface area contributed by atoms with Gasteiger partial charge in [0.15, 0.2) is 0 Å². The molecule has 3 amide bonds. The van der Waals surface area contributed by atoms with E-state index in [9.17, 15) is 29.4 Å². The number of hydrogen-bond donors (Lipinski definition) is 5. The van der Waals surface area contributed by atoms with Crippen molar-refractivity contribution in [3.05, 3.63) is 90.0 Å². The summed E-state index contributed by atoms with van der Waals surface area (Å²) in [6, 6.07) is 19.4. The number of nitrogens with two attached hydrogens (primary N) is 1. The van der Waals surface area contributed by atoms with Crippen LogP contribution in [0.25, 0.3) is 0 Å². The molecule has 0 fully saturated rings. The number of rotatable bonds is 13. The summed E-state index contributed by atoms with van der Waals surface area (Å²) in [4.78, 5) is 48.8. The summed E-state index contributed by atoms with van der Waals surface area (Å²) in [6.45, 7) is 0. The van der Waals surface area contributed by atoms with Crippen LogP contribution < -0.4 is 16.4 Å². The molecule has 0 saturated carbocycles. The highest BCUT2D eigenvalue weighted by Crippen LogP contribution is 2.18. The lowest BCUT2D eigenvalue weighted by atomic mass is 10.0. The van der Waals surface area contributed by atoms with Gasteiger partial charge in [-0.3, -0.25) is 14.4 Å². The lowest BCUT2D eigenvalue weighted by Gasteiger charge is -2.21. The number of carboxylic acids is 1. The molecule has 0 aliphatic heterocycles. The molecular formula is C28H29N5O6. The number of nitrogens with zero attached hydrogens (tertiary/aromatic N) is 2. The Balaban J connectivity index is 1.62. The van der Waals surface area contributed by atoms with Crippen molar-refractivity contribution in [1.82, 2.24) is 10.6 Å². The fourth-order valence-electron chi connectivity index (χ4n) is 3.62. The second-order valence-electron chi connectivity index (χ2n) is 8.77. The van der Waals surface area contributed by atoms with Gasteiger partial charge in [0, 0.05) is 12.8 Å². The van der Waals surface area contributed by atoms with E-state index < -0.39 is 35.8 Å². The molecule has 39 heavy (non-hydrogen) atoms. The largest absolute Gasteiger partial charge is 0.508 e. The number of phenolic OH excluding ortho intramolecular Hbond substituents is 1. The molecule has 0 radical (unpaired) electrons. The van der Waals surface area contributed by atoms with E-state index >= 15 is 0 Å². The molecule has 0 unspecified atom stereocenters. The Labute approximate surface area is 224 Å². The van der Waals surface area contributed by atoms with Crippen LogP contribution in [0.15, 0.2) is 89.1 Å². The molecule has 0 aromatic heterocycles. The van der Waals surface area contributed by atoms with Crippen molar-refractivity contribution < 1.29 is 29.4 Å². The number of amides is 3. The summed E-state index contributed by atoms with van der Waals surface area (Å²) in [6.07, 6.45) is -0.398. The van der Waals surface area contributed by atoms with E-state index in [1.54, 1.807) is 24.3 Å². The van der Waals surface area contributed by atoms with Crippen molar-refractivity contribution in [3.8, 4) is 5.75 Å². The van der Waals surface area contributed by atoms with E-state index in [0.29, 0.717) is 22.5 Å². The van der Waals surface area contributed by atoms with Gasteiger partial charge in [-0.05, 0) is 53.9 Å². The second kappa shape index (κ2) is 14.0. The first-order valence-corrected chi connectivity index (χ1v) is 12.1. The first kappa shape index (κ1) is 28.5. The summed E-state index contributed by atoms with van der Waals surface area (Å²) in [5.74, 6) is -3.17. The summed E-state index contributed by atoms with van der Waals surface area (Å²) < 4.78 is 0. The maximum atomic E-state index is 12.9. The van der Waals surface area contributed by atoms with Crippen LogP contribution in [-0.4, -0.2) is 46.0 Å². The van der Waals surface area contributed by atoms with Gasteiger partial charge in [0.05, 0.1) is 17.8 Å². The van der Waals surface area contributed by atoms with Crippen molar-refractivity contribution in [2.24, 2.45) is 16.0 Å². The molecule has 0 saturated heterocycles. The van der Waals surface area contributed by atoms with E-state index in [4.69, 9.17) is 5.73 Å². The van der Waals surface area contributed by atoms with Gasteiger partial charge in [0.1, 0.15) is 17.8 Å². The van der Waals surface area contributed by atoms with E-state index in [1.165, 1.54) is 24.3 Å². The van der Waals surface area contributed by atoms with Gasteiger partial charge in [-0.25, -0.2) is 4.79 Å². The van der Waals surface area contributed by atoms with Crippen LogP contribution in [0.2, 0.25) is 0 Å². The number of azo groups is 1. The Hall–Kier alpha value is -5.06. The van der Waals surface area contributed by atoms with Crippen LogP contribution in [-0.2, 0) is 32.0 Å². The van der Waals surface area contributed by atoms with E-state index in [1.807, 2.05) is 30.3 Å². The zero-order chi connectivity index (χ0) is 28.2. The molecule has 0 bridgehead atoms. The highest BCUT2D eigenvalue weighted by atomic mass is 16.4.